The van der Waals surface area contributed by atoms with Gasteiger partial charge in [0, 0.05) is 17.5 Å². The molecule has 0 aliphatic rings. The molecule has 0 fully saturated rings. The Morgan fingerprint density at radius 1 is 1.07 bits per heavy atom. The monoisotopic (exact) mass is 366 g/mol. The lowest BCUT2D eigenvalue weighted by Gasteiger charge is -2.18. The second-order valence-electron chi connectivity index (χ2n) is 6.50. The maximum Gasteiger partial charge on any atom is 0.347 e. The highest BCUT2D eigenvalue weighted by molar-refractivity contribution is 5.93. The van der Waals surface area contributed by atoms with Crippen LogP contribution in [0.4, 0.5) is 0 Å². The van der Waals surface area contributed by atoms with Crippen LogP contribution in [-0.2, 0) is 9.53 Å². The van der Waals surface area contributed by atoms with Gasteiger partial charge >= 0.3 is 11.6 Å². The van der Waals surface area contributed by atoms with Gasteiger partial charge in [-0.3, -0.25) is 0 Å². The zero-order valence-corrected chi connectivity index (χ0v) is 15.6. The van der Waals surface area contributed by atoms with E-state index in [1.807, 2.05) is 43.3 Å². The van der Waals surface area contributed by atoms with Gasteiger partial charge in [0.1, 0.15) is 11.3 Å². The predicted molar refractivity (Wildman–Crippen MR) is 104 cm³/mol. The van der Waals surface area contributed by atoms with E-state index in [-0.39, 0.29) is 6.10 Å². The minimum atomic E-state index is -0.714. The molecule has 1 aromatic heterocycles. The predicted octanol–water partition coefficient (Wildman–Crippen LogP) is 4.57. The summed E-state index contributed by atoms with van der Waals surface area (Å²) in [5.74, 6) is 0.0375. The van der Waals surface area contributed by atoms with Crippen LogP contribution < -0.4 is 10.4 Å². The van der Waals surface area contributed by atoms with Gasteiger partial charge < -0.3 is 13.9 Å². The van der Waals surface area contributed by atoms with Gasteiger partial charge in [-0.15, -0.1) is 0 Å². The quantitative estimate of drug-likeness (QED) is 0.472. The van der Waals surface area contributed by atoms with Crippen molar-refractivity contribution in [3.63, 3.8) is 0 Å². The number of carbonyl (C=O) groups excluding carboxylic acids is 1. The zero-order valence-electron chi connectivity index (χ0n) is 15.6. The SMILES string of the molecule is CCC(Oc1ccc2c(-c3ccccc3)cc(=O)oc2c1)C(=O)OC(C)C. The fourth-order valence-corrected chi connectivity index (χ4v) is 2.84. The van der Waals surface area contributed by atoms with Crippen molar-refractivity contribution in [1.82, 2.24) is 0 Å². The van der Waals surface area contributed by atoms with E-state index in [0.717, 1.165) is 16.5 Å². The van der Waals surface area contributed by atoms with Gasteiger partial charge in [-0.05, 0) is 43.5 Å². The number of benzene rings is 2. The van der Waals surface area contributed by atoms with Crippen LogP contribution >= 0.6 is 0 Å². The van der Waals surface area contributed by atoms with Crippen LogP contribution in [-0.4, -0.2) is 18.2 Å². The first-order valence-corrected chi connectivity index (χ1v) is 8.98. The second-order valence-corrected chi connectivity index (χ2v) is 6.50. The van der Waals surface area contributed by atoms with E-state index in [0.29, 0.717) is 17.8 Å². The first kappa shape index (κ1) is 18.7. The maximum absolute atomic E-state index is 12.1. The fraction of sp³-hybridized carbons (Fsp3) is 0.273. The first-order valence-electron chi connectivity index (χ1n) is 8.98. The summed E-state index contributed by atoms with van der Waals surface area (Å²) in [5, 5.41) is 0.797. The van der Waals surface area contributed by atoms with Crippen molar-refractivity contribution >= 4 is 16.9 Å². The summed E-state index contributed by atoms with van der Waals surface area (Å²) >= 11 is 0. The minimum absolute atomic E-state index is 0.210. The van der Waals surface area contributed by atoms with Crippen LogP contribution in [0.15, 0.2) is 63.8 Å². The highest BCUT2D eigenvalue weighted by Crippen LogP contribution is 2.30. The Balaban J connectivity index is 1.96. The molecule has 0 amide bonds. The van der Waals surface area contributed by atoms with Crippen LogP contribution in [0.1, 0.15) is 27.2 Å². The number of carbonyl (C=O) groups is 1. The molecule has 5 nitrogen and oxygen atoms in total. The van der Waals surface area contributed by atoms with Crippen molar-refractivity contribution in [2.45, 2.75) is 39.4 Å². The molecule has 2 aromatic carbocycles. The molecular formula is C22H22O5. The fourth-order valence-electron chi connectivity index (χ4n) is 2.84. The van der Waals surface area contributed by atoms with Crippen LogP contribution in [0.3, 0.4) is 0 Å². The Kier molecular flexibility index (Phi) is 5.60. The smallest absolute Gasteiger partial charge is 0.347 e. The molecular weight excluding hydrogens is 344 g/mol. The molecule has 1 unspecified atom stereocenters. The summed E-state index contributed by atoms with van der Waals surface area (Å²) < 4.78 is 16.4. The van der Waals surface area contributed by atoms with Crippen molar-refractivity contribution in [1.29, 1.82) is 0 Å². The Morgan fingerprint density at radius 2 is 1.81 bits per heavy atom. The van der Waals surface area contributed by atoms with E-state index in [9.17, 15) is 9.59 Å². The lowest BCUT2D eigenvalue weighted by Crippen LogP contribution is -2.30. The van der Waals surface area contributed by atoms with E-state index >= 15 is 0 Å². The van der Waals surface area contributed by atoms with Crippen molar-refractivity contribution in [3.05, 3.63) is 65.0 Å². The summed E-state index contributed by atoms with van der Waals surface area (Å²) in [4.78, 5) is 24.1. The Morgan fingerprint density at radius 3 is 2.48 bits per heavy atom. The molecule has 0 saturated heterocycles. The third-order valence-electron chi connectivity index (χ3n) is 4.06. The molecule has 0 spiro atoms. The molecule has 0 N–H and O–H groups in total. The summed E-state index contributed by atoms with van der Waals surface area (Å²) in [6.07, 6.45) is -0.454. The highest BCUT2D eigenvalue weighted by atomic mass is 16.6. The summed E-state index contributed by atoms with van der Waals surface area (Å²) in [5.41, 5.74) is 1.69. The van der Waals surface area contributed by atoms with Crippen LogP contribution in [0, 0.1) is 0 Å². The lowest BCUT2D eigenvalue weighted by atomic mass is 10.0. The third kappa shape index (κ3) is 4.37. The molecule has 1 atom stereocenters. The van der Waals surface area contributed by atoms with Crippen LogP contribution in [0.25, 0.3) is 22.1 Å². The van der Waals surface area contributed by atoms with Crippen molar-refractivity contribution in [2.24, 2.45) is 0 Å². The van der Waals surface area contributed by atoms with Gasteiger partial charge in [0.05, 0.1) is 6.10 Å². The molecule has 5 heteroatoms. The standard InChI is InChI=1S/C22H22O5/c1-4-19(22(24)25-14(2)3)26-16-10-11-17-18(15-8-6-5-7-9-15)13-21(23)27-20(17)12-16/h5-14,19H,4H2,1-3H3. The molecule has 0 radical (unpaired) electrons. The number of ether oxygens (including phenoxy) is 2. The third-order valence-corrected chi connectivity index (χ3v) is 4.06. The second kappa shape index (κ2) is 8.08. The average Bonchev–Trinajstić information content (AvgIpc) is 2.65. The molecule has 0 aliphatic heterocycles. The zero-order chi connectivity index (χ0) is 19.4. The number of esters is 1. The highest BCUT2D eigenvalue weighted by Gasteiger charge is 2.21. The normalized spacial score (nSPS) is 12.1. The van der Waals surface area contributed by atoms with Gasteiger partial charge in [0.2, 0.25) is 0 Å². The van der Waals surface area contributed by atoms with Gasteiger partial charge in [-0.2, -0.15) is 0 Å². The summed E-state index contributed by atoms with van der Waals surface area (Å²) in [6, 6.07) is 16.3. The molecule has 1 heterocycles. The number of hydrogen-bond donors (Lipinski definition) is 0. The minimum Gasteiger partial charge on any atom is -0.479 e. The molecule has 0 saturated carbocycles. The van der Waals surface area contributed by atoms with E-state index < -0.39 is 17.7 Å². The van der Waals surface area contributed by atoms with Gasteiger partial charge in [-0.25, -0.2) is 9.59 Å². The van der Waals surface area contributed by atoms with Crippen molar-refractivity contribution in [2.75, 3.05) is 0 Å². The van der Waals surface area contributed by atoms with E-state index in [4.69, 9.17) is 13.9 Å². The molecule has 0 aliphatic carbocycles. The van der Waals surface area contributed by atoms with Crippen molar-refractivity contribution < 1.29 is 18.7 Å². The van der Waals surface area contributed by atoms with Gasteiger partial charge in [0.25, 0.3) is 0 Å². The number of fused-ring (bicyclic) bond motifs is 1. The summed E-state index contributed by atoms with van der Waals surface area (Å²) in [7, 11) is 0. The van der Waals surface area contributed by atoms with Gasteiger partial charge in [-0.1, -0.05) is 37.3 Å². The molecule has 3 rings (SSSR count). The largest absolute Gasteiger partial charge is 0.479 e. The topological polar surface area (TPSA) is 65.7 Å². The van der Waals surface area contributed by atoms with E-state index in [2.05, 4.69) is 0 Å². The van der Waals surface area contributed by atoms with Gasteiger partial charge in [0.15, 0.2) is 6.10 Å². The molecule has 140 valence electrons. The first-order chi connectivity index (χ1) is 13.0. The maximum atomic E-state index is 12.1. The van der Waals surface area contributed by atoms with Crippen LogP contribution in [0.2, 0.25) is 0 Å². The summed E-state index contributed by atoms with van der Waals surface area (Å²) in [6.45, 7) is 5.43. The van der Waals surface area contributed by atoms with E-state index in [1.165, 1.54) is 6.07 Å². The van der Waals surface area contributed by atoms with E-state index in [1.54, 1.807) is 26.0 Å². The number of rotatable bonds is 6. The molecule has 3 aromatic rings. The van der Waals surface area contributed by atoms with Crippen LogP contribution in [0.5, 0.6) is 5.75 Å². The average molecular weight is 366 g/mol. The van der Waals surface area contributed by atoms with Crippen molar-refractivity contribution in [3.8, 4) is 16.9 Å². The molecule has 27 heavy (non-hydrogen) atoms. The Hall–Kier alpha value is -3.08. The Bertz CT molecular complexity index is 989. The lowest BCUT2D eigenvalue weighted by molar-refractivity contribution is -0.155. The molecule has 0 bridgehead atoms. The number of hydrogen-bond acceptors (Lipinski definition) is 5. The Labute approximate surface area is 157 Å².